The van der Waals surface area contributed by atoms with E-state index in [0.717, 1.165) is 0 Å². The van der Waals surface area contributed by atoms with Gasteiger partial charge in [-0.05, 0) is 12.1 Å². The van der Waals surface area contributed by atoms with Gasteiger partial charge in [0.05, 0.1) is 0 Å². The highest BCUT2D eigenvalue weighted by Crippen LogP contribution is 2.00. The first-order chi connectivity index (χ1) is 4.43. The lowest BCUT2D eigenvalue weighted by molar-refractivity contribution is -0.198. The summed E-state index contributed by atoms with van der Waals surface area (Å²) in [5.41, 5.74) is 0. The monoisotopic (exact) mass is 121 g/mol. The van der Waals surface area contributed by atoms with E-state index in [1.54, 1.807) is 24.4 Å². The maximum absolute atomic E-state index is 9.71. The fourth-order valence-corrected chi connectivity index (χ4v) is 0.466. The van der Waals surface area contributed by atoms with Crippen molar-refractivity contribution >= 4 is 7.69 Å². The van der Waals surface area contributed by atoms with Crippen LogP contribution in [0.1, 0.15) is 0 Å². The summed E-state index contributed by atoms with van der Waals surface area (Å²) in [4.78, 5) is 3.72. The highest BCUT2D eigenvalue weighted by atomic mass is 16.5. The number of hydrogen-bond acceptors (Lipinski definition) is 3. The van der Waals surface area contributed by atoms with Gasteiger partial charge >= 0.3 is 0 Å². The largest absolute Gasteiger partial charge is 0.850 e. The Morgan fingerprint density at radius 2 is 2.44 bits per heavy atom. The molecule has 0 aromatic carbocycles. The quantitative estimate of drug-likeness (QED) is 0.488. The molecule has 0 spiro atoms. The zero-order chi connectivity index (χ0) is 6.53. The van der Waals surface area contributed by atoms with Gasteiger partial charge in [0.15, 0.2) is 5.88 Å². The van der Waals surface area contributed by atoms with Gasteiger partial charge in [0.1, 0.15) is 0 Å². The van der Waals surface area contributed by atoms with E-state index in [1.165, 1.54) is 0 Å². The lowest BCUT2D eigenvalue weighted by Gasteiger charge is -2.04. The molecule has 1 rings (SSSR count). The lowest BCUT2D eigenvalue weighted by atomic mass is 10.4. The van der Waals surface area contributed by atoms with Crippen molar-refractivity contribution in [2.24, 2.45) is 0 Å². The van der Waals surface area contributed by atoms with Crippen molar-refractivity contribution in [2.45, 2.75) is 0 Å². The lowest BCUT2D eigenvalue weighted by Crippen LogP contribution is -2.18. The minimum Gasteiger partial charge on any atom is -0.850 e. The standard InChI is InChI=1S/C5H4BNO2/c8-6-9-5-3-1-2-4-7-5/h1-4H/q-1. The first-order valence-electron chi connectivity index (χ1n) is 2.45. The van der Waals surface area contributed by atoms with E-state index >= 15 is 0 Å². The third-order valence-corrected chi connectivity index (χ3v) is 0.807. The summed E-state index contributed by atoms with van der Waals surface area (Å²) in [6, 6.07) is 5.10. The second-order valence-corrected chi connectivity index (χ2v) is 1.38. The van der Waals surface area contributed by atoms with Gasteiger partial charge in [0.25, 0.3) is 0 Å². The topological polar surface area (TPSA) is 45.2 Å². The van der Waals surface area contributed by atoms with Crippen molar-refractivity contribution < 1.29 is 9.68 Å². The van der Waals surface area contributed by atoms with Crippen molar-refractivity contribution in [3.8, 4) is 5.88 Å². The van der Waals surface area contributed by atoms with Gasteiger partial charge in [-0.3, -0.25) is 0 Å². The molecular weight excluding hydrogens is 117 g/mol. The zero-order valence-electron chi connectivity index (χ0n) is 4.65. The first-order valence-corrected chi connectivity index (χ1v) is 2.45. The number of hydrogen-bond donors (Lipinski definition) is 0. The predicted octanol–water partition coefficient (Wildman–Crippen LogP) is -0.645. The fourth-order valence-electron chi connectivity index (χ4n) is 0.466. The Labute approximate surface area is 53.6 Å². The second kappa shape index (κ2) is 3.09. The number of aromatic nitrogens is 1. The van der Waals surface area contributed by atoms with Gasteiger partial charge in [-0.1, -0.05) is 6.07 Å². The summed E-state index contributed by atoms with van der Waals surface area (Å²) < 4.78 is 4.41. The van der Waals surface area contributed by atoms with Crippen LogP contribution in [0.3, 0.4) is 0 Å². The minimum atomic E-state index is 0.326. The fraction of sp³-hybridized carbons (Fsp3) is 0. The molecule has 0 amide bonds. The van der Waals surface area contributed by atoms with Crippen molar-refractivity contribution in [2.75, 3.05) is 0 Å². The van der Waals surface area contributed by atoms with Crippen LogP contribution in [0.25, 0.3) is 0 Å². The molecule has 0 saturated heterocycles. The first kappa shape index (κ1) is 6.10. The van der Waals surface area contributed by atoms with Crippen molar-refractivity contribution in [3.63, 3.8) is 0 Å². The number of pyridine rings is 1. The van der Waals surface area contributed by atoms with Crippen molar-refractivity contribution in [3.05, 3.63) is 24.4 Å². The molecule has 0 saturated carbocycles. The van der Waals surface area contributed by atoms with Gasteiger partial charge < -0.3 is 9.68 Å². The molecule has 0 aliphatic heterocycles. The van der Waals surface area contributed by atoms with Crippen LogP contribution in [-0.4, -0.2) is 12.7 Å². The average Bonchev–Trinajstić information content (AvgIpc) is 1.91. The summed E-state index contributed by atoms with van der Waals surface area (Å²) in [6.45, 7) is 0. The third kappa shape index (κ3) is 1.73. The van der Waals surface area contributed by atoms with Crippen LogP contribution in [-0.2, 0) is 0 Å². The summed E-state index contributed by atoms with van der Waals surface area (Å²) in [6.07, 6.45) is 1.55. The molecule has 1 aromatic heterocycles. The Morgan fingerprint density at radius 1 is 1.56 bits per heavy atom. The molecule has 0 N–H and O–H groups in total. The molecule has 1 aromatic rings. The van der Waals surface area contributed by atoms with Gasteiger partial charge in [0.2, 0.25) is 7.69 Å². The highest BCUT2D eigenvalue weighted by Gasteiger charge is 1.83. The molecule has 0 aliphatic carbocycles. The van der Waals surface area contributed by atoms with E-state index in [4.69, 9.17) is 0 Å². The molecular formula is C5H4BNO2-. The van der Waals surface area contributed by atoms with Crippen LogP contribution in [0.2, 0.25) is 0 Å². The smallest absolute Gasteiger partial charge is 0.246 e. The van der Waals surface area contributed by atoms with Gasteiger partial charge in [-0.25, -0.2) is 4.98 Å². The second-order valence-electron chi connectivity index (χ2n) is 1.38. The van der Waals surface area contributed by atoms with Gasteiger partial charge in [-0.15, -0.1) is 0 Å². The van der Waals surface area contributed by atoms with E-state index in [1.807, 2.05) is 0 Å². The summed E-state index contributed by atoms with van der Waals surface area (Å²) in [5, 5.41) is 9.71. The third-order valence-electron chi connectivity index (χ3n) is 0.807. The van der Waals surface area contributed by atoms with Crippen LogP contribution in [0.4, 0.5) is 0 Å². The van der Waals surface area contributed by atoms with Crippen molar-refractivity contribution in [1.29, 1.82) is 0 Å². The molecule has 0 fully saturated rings. The maximum atomic E-state index is 9.71. The number of nitrogens with zero attached hydrogens (tertiary/aromatic N) is 1. The molecule has 4 heteroatoms. The Hall–Kier alpha value is -1.03. The molecule has 3 nitrogen and oxygen atoms in total. The summed E-state index contributed by atoms with van der Waals surface area (Å²) in [7, 11) is 0.350. The Morgan fingerprint density at radius 3 is 3.00 bits per heavy atom. The highest BCUT2D eigenvalue weighted by molar-refractivity contribution is 6.14. The Kier molecular flexibility index (Phi) is 2.10. The van der Waals surface area contributed by atoms with Crippen molar-refractivity contribution in [1.82, 2.24) is 4.98 Å². The molecule has 0 unspecified atom stereocenters. The molecule has 0 bridgehead atoms. The molecule has 0 atom stereocenters. The van der Waals surface area contributed by atoms with E-state index < -0.39 is 0 Å². The Bertz CT molecular complexity index is 168. The van der Waals surface area contributed by atoms with Gasteiger partial charge in [0, 0.05) is 6.20 Å². The number of rotatable bonds is 2. The molecule has 1 heterocycles. The normalized spacial score (nSPS) is 8.56. The maximum Gasteiger partial charge on any atom is 0.246 e. The van der Waals surface area contributed by atoms with Crippen LogP contribution in [0.15, 0.2) is 24.4 Å². The predicted molar refractivity (Wildman–Crippen MR) is 30.6 cm³/mol. The molecule has 0 aliphatic rings. The Balaban J connectivity index is 2.61. The van der Waals surface area contributed by atoms with Crippen LogP contribution >= 0.6 is 0 Å². The average molecular weight is 121 g/mol. The van der Waals surface area contributed by atoms with E-state index in [2.05, 4.69) is 9.64 Å². The molecule has 45 valence electrons. The minimum absolute atomic E-state index is 0.326. The SMILES string of the molecule is [O-][B]Oc1ccccn1. The summed E-state index contributed by atoms with van der Waals surface area (Å²) in [5.74, 6) is 0.326. The van der Waals surface area contributed by atoms with E-state index in [-0.39, 0.29) is 0 Å². The zero-order valence-corrected chi connectivity index (χ0v) is 4.65. The van der Waals surface area contributed by atoms with E-state index in [0.29, 0.717) is 13.6 Å². The molecule has 9 heavy (non-hydrogen) atoms. The van der Waals surface area contributed by atoms with Crippen LogP contribution < -0.4 is 9.68 Å². The van der Waals surface area contributed by atoms with Crippen LogP contribution in [0.5, 0.6) is 5.88 Å². The van der Waals surface area contributed by atoms with Gasteiger partial charge in [-0.2, -0.15) is 0 Å². The molecule has 1 radical (unpaired) electrons. The van der Waals surface area contributed by atoms with E-state index in [9.17, 15) is 5.02 Å². The summed E-state index contributed by atoms with van der Waals surface area (Å²) >= 11 is 0. The van der Waals surface area contributed by atoms with Crippen LogP contribution in [0, 0.1) is 0 Å².